The number of rotatable bonds is 6. The van der Waals surface area contributed by atoms with Crippen molar-refractivity contribution in [1.82, 2.24) is 9.55 Å². The van der Waals surface area contributed by atoms with Crippen molar-refractivity contribution in [2.24, 2.45) is 5.73 Å². The van der Waals surface area contributed by atoms with Gasteiger partial charge in [-0.15, -0.1) is 11.3 Å². The molecule has 0 saturated carbocycles. The average molecular weight is 285 g/mol. The summed E-state index contributed by atoms with van der Waals surface area (Å²) in [5.74, 6) is 1.16. The summed E-state index contributed by atoms with van der Waals surface area (Å²) in [6.07, 6.45) is 3.08. The minimum absolute atomic E-state index is 0.757. The van der Waals surface area contributed by atoms with E-state index in [9.17, 15) is 0 Å². The Balaban J connectivity index is 1.94. The number of hydrogen-bond donors (Lipinski definition) is 1. The molecule has 0 atom stereocenters. The maximum atomic E-state index is 5.61. The summed E-state index contributed by atoms with van der Waals surface area (Å²) >= 11 is 1.79. The van der Waals surface area contributed by atoms with Crippen LogP contribution in [0.4, 0.5) is 0 Å². The lowest BCUT2D eigenvalue weighted by Gasteiger charge is -2.08. The molecule has 0 amide bonds. The lowest BCUT2D eigenvalue weighted by molar-refractivity contribution is 0.608. The van der Waals surface area contributed by atoms with Crippen molar-refractivity contribution in [2.45, 2.75) is 25.8 Å². The highest BCUT2D eigenvalue weighted by Gasteiger charge is 2.10. The highest BCUT2D eigenvalue weighted by atomic mass is 32.1. The minimum Gasteiger partial charge on any atom is -0.330 e. The summed E-state index contributed by atoms with van der Waals surface area (Å²) in [7, 11) is 0. The fourth-order valence-electron chi connectivity index (χ4n) is 2.49. The van der Waals surface area contributed by atoms with Crippen LogP contribution in [0.2, 0.25) is 0 Å². The quantitative estimate of drug-likeness (QED) is 0.705. The van der Waals surface area contributed by atoms with Gasteiger partial charge >= 0.3 is 0 Å². The van der Waals surface area contributed by atoms with Crippen LogP contribution in [0.5, 0.6) is 0 Å². The molecule has 0 aliphatic carbocycles. The Hall–Kier alpha value is -1.65. The van der Waals surface area contributed by atoms with Gasteiger partial charge in [-0.2, -0.15) is 0 Å². The number of aromatic nitrogens is 2. The van der Waals surface area contributed by atoms with Gasteiger partial charge in [-0.05, 0) is 43.0 Å². The molecule has 0 radical (unpaired) electrons. The van der Waals surface area contributed by atoms with Gasteiger partial charge in [-0.1, -0.05) is 18.2 Å². The van der Waals surface area contributed by atoms with E-state index in [2.05, 4.69) is 46.3 Å². The molecular weight excluding hydrogens is 266 g/mol. The van der Waals surface area contributed by atoms with Crippen LogP contribution in [-0.4, -0.2) is 16.1 Å². The molecule has 0 aliphatic rings. The maximum absolute atomic E-state index is 5.61. The first-order valence-electron chi connectivity index (χ1n) is 7.05. The molecule has 0 aliphatic heterocycles. The Morgan fingerprint density at radius 1 is 1.10 bits per heavy atom. The van der Waals surface area contributed by atoms with E-state index < -0.39 is 0 Å². The van der Waals surface area contributed by atoms with Gasteiger partial charge < -0.3 is 10.3 Å². The Morgan fingerprint density at radius 2 is 2.00 bits per heavy atom. The first-order chi connectivity index (χ1) is 9.88. The lowest BCUT2D eigenvalue weighted by atomic mass is 10.2. The van der Waals surface area contributed by atoms with E-state index >= 15 is 0 Å². The predicted molar refractivity (Wildman–Crippen MR) is 85.1 cm³/mol. The molecule has 0 unspecified atom stereocenters. The van der Waals surface area contributed by atoms with E-state index in [1.165, 1.54) is 10.4 Å². The van der Waals surface area contributed by atoms with E-state index in [4.69, 9.17) is 10.7 Å². The minimum atomic E-state index is 0.757. The van der Waals surface area contributed by atoms with Gasteiger partial charge in [0.1, 0.15) is 5.82 Å². The third-order valence-electron chi connectivity index (χ3n) is 3.48. The third kappa shape index (κ3) is 2.76. The molecule has 0 bridgehead atoms. The van der Waals surface area contributed by atoms with Crippen molar-refractivity contribution >= 4 is 22.4 Å². The first-order valence-corrected chi connectivity index (χ1v) is 7.93. The van der Waals surface area contributed by atoms with Gasteiger partial charge in [-0.25, -0.2) is 4.98 Å². The lowest BCUT2D eigenvalue weighted by Crippen LogP contribution is -2.06. The highest BCUT2D eigenvalue weighted by Crippen LogP contribution is 2.21. The summed E-state index contributed by atoms with van der Waals surface area (Å²) in [5.41, 5.74) is 7.93. The monoisotopic (exact) mass is 285 g/mol. The van der Waals surface area contributed by atoms with Crippen LogP contribution in [-0.2, 0) is 13.0 Å². The predicted octanol–water partition coefficient (Wildman–Crippen LogP) is 3.43. The molecule has 104 valence electrons. The largest absolute Gasteiger partial charge is 0.330 e. The topological polar surface area (TPSA) is 43.8 Å². The van der Waals surface area contributed by atoms with Crippen LogP contribution >= 0.6 is 11.3 Å². The fourth-order valence-corrected chi connectivity index (χ4v) is 3.19. The zero-order chi connectivity index (χ0) is 13.8. The van der Waals surface area contributed by atoms with Crippen molar-refractivity contribution < 1.29 is 0 Å². The van der Waals surface area contributed by atoms with Crippen LogP contribution in [0, 0.1) is 0 Å². The zero-order valence-electron chi connectivity index (χ0n) is 11.5. The third-order valence-corrected chi connectivity index (χ3v) is 4.36. The van der Waals surface area contributed by atoms with Gasteiger partial charge in [0.25, 0.3) is 0 Å². The number of unbranched alkanes of at least 4 members (excludes halogenated alkanes) is 1. The highest BCUT2D eigenvalue weighted by molar-refractivity contribution is 7.09. The number of fused-ring (bicyclic) bond motifs is 1. The number of nitrogens with zero attached hydrogens (tertiary/aromatic N) is 2. The molecule has 20 heavy (non-hydrogen) atoms. The molecule has 1 aromatic carbocycles. The standard InChI is InChI=1S/C16H19N3S/c17-9-3-4-10-19-15-8-2-1-7-14(15)18-16(19)12-13-6-5-11-20-13/h1-2,5-8,11H,3-4,9-10,12,17H2. The SMILES string of the molecule is NCCCCn1c(Cc2cccs2)nc2ccccc21. The molecule has 3 aromatic rings. The van der Waals surface area contributed by atoms with Crippen LogP contribution < -0.4 is 5.73 Å². The van der Waals surface area contributed by atoms with Crippen LogP contribution in [0.1, 0.15) is 23.5 Å². The summed E-state index contributed by atoms with van der Waals surface area (Å²) in [5, 5.41) is 2.12. The van der Waals surface area contributed by atoms with E-state index in [1.807, 2.05) is 0 Å². The Bertz CT molecular complexity index is 670. The van der Waals surface area contributed by atoms with Crippen molar-refractivity contribution in [3.05, 3.63) is 52.5 Å². The van der Waals surface area contributed by atoms with Crippen LogP contribution in [0.15, 0.2) is 41.8 Å². The smallest absolute Gasteiger partial charge is 0.115 e. The Kier molecular flexibility index (Phi) is 4.14. The zero-order valence-corrected chi connectivity index (χ0v) is 12.3. The maximum Gasteiger partial charge on any atom is 0.115 e. The second-order valence-corrected chi connectivity index (χ2v) is 5.95. The van der Waals surface area contributed by atoms with Gasteiger partial charge in [-0.3, -0.25) is 0 Å². The van der Waals surface area contributed by atoms with Crippen LogP contribution in [0.25, 0.3) is 11.0 Å². The van der Waals surface area contributed by atoms with E-state index in [1.54, 1.807) is 11.3 Å². The Morgan fingerprint density at radius 3 is 2.80 bits per heavy atom. The van der Waals surface area contributed by atoms with Crippen molar-refractivity contribution in [3.63, 3.8) is 0 Å². The Labute approximate surface area is 123 Å². The van der Waals surface area contributed by atoms with Crippen molar-refractivity contribution in [3.8, 4) is 0 Å². The molecule has 2 aromatic heterocycles. The second kappa shape index (κ2) is 6.20. The molecule has 3 rings (SSSR count). The van der Waals surface area contributed by atoms with E-state index in [-0.39, 0.29) is 0 Å². The second-order valence-electron chi connectivity index (χ2n) is 4.92. The number of hydrogen-bond acceptors (Lipinski definition) is 3. The number of imidazole rings is 1. The van der Waals surface area contributed by atoms with E-state index in [0.717, 1.165) is 43.7 Å². The van der Waals surface area contributed by atoms with Crippen molar-refractivity contribution in [2.75, 3.05) is 6.54 Å². The van der Waals surface area contributed by atoms with Gasteiger partial charge in [0.05, 0.1) is 11.0 Å². The number of nitrogens with two attached hydrogens (primary N) is 1. The summed E-state index contributed by atoms with van der Waals surface area (Å²) < 4.78 is 2.35. The van der Waals surface area contributed by atoms with E-state index in [0.29, 0.717) is 0 Å². The van der Waals surface area contributed by atoms with Gasteiger partial charge in [0.2, 0.25) is 0 Å². The number of aryl methyl sites for hydroxylation is 1. The van der Waals surface area contributed by atoms with Gasteiger partial charge in [0, 0.05) is 17.8 Å². The fraction of sp³-hybridized carbons (Fsp3) is 0.312. The molecule has 4 heteroatoms. The number of benzene rings is 1. The molecule has 0 saturated heterocycles. The molecule has 3 nitrogen and oxygen atoms in total. The normalized spacial score (nSPS) is 11.2. The first kappa shape index (κ1) is 13.3. The number of thiophene rings is 1. The number of para-hydroxylation sites is 2. The molecule has 2 N–H and O–H groups in total. The summed E-state index contributed by atoms with van der Waals surface area (Å²) in [4.78, 5) is 6.17. The molecule has 2 heterocycles. The molecular formula is C16H19N3S. The summed E-state index contributed by atoms with van der Waals surface area (Å²) in [6.45, 7) is 1.76. The van der Waals surface area contributed by atoms with Crippen LogP contribution in [0.3, 0.4) is 0 Å². The summed E-state index contributed by atoms with van der Waals surface area (Å²) in [6, 6.07) is 12.7. The van der Waals surface area contributed by atoms with Gasteiger partial charge in [0.15, 0.2) is 0 Å². The molecule has 0 fully saturated rings. The van der Waals surface area contributed by atoms with Crippen molar-refractivity contribution in [1.29, 1.82) is 0 Å². The molecule has 0 spiro atoms. The average Bonchev–Trinajstić information content (AvgIpc) is 3.08.